The van der Waals surface area contributed by atoms with Crippen LogP contribution in [0.3, 0.4) is 0 Å². The Bertz CT molecular complexity index is 253. The molecule has 3 nitrogen and oxygen atoms in total. The molecule has 170 valence electrons. The average molecular weight is 401 g/mol. The van der Waals surface area contributed by atoms with Crippen molar-refractivity contribution in [1.82, 2.24) is 0 Å². The minimum atomic E-state index is -1.83. The van der Waals surface area contributed by atoms with Crippen molar-refractivity contribution in [3.05, 3.63) is 0 Å². The van der Waals surface area contributed by atoms with Gasteiger partial charge < -0.3 is 10.2 Å². The molecule has 0 aromatic rings. The Morgan fingerprint density at radius 1 is 0.393 bits per heavy atom. The molecule has 0 fully saturated rings. The van der Waals surface area contributed by atoms with E-state index in [0.717, 1.165) is 0 Å². The highest BCUT2D eigenvalue weighted by molar-refractivity contribution is 5.53. The Morgan fingerprint density at radius 2 is 0.500 bits per heavy atom. The molecular weight excluding hydrogens is 348 g/mol. The molecule has 0 unspecified atom stereocenters. The fourth-order valence-corrected chi connectivity index (χ4v) is 3.68. The summed E-state index contributed by atoms with van der Waals surface area (Å²) in [6.45, 7) is 4.60. The molecule has 3 heteroatoms. The highest BCUT2D eigenvalue weighted by Gasteiger charge is 1.95. The molecule has 0 heterocycles. The van der Waals surface area contributed by atoms with Crippen LogP contribution in [0.2, 0.25) is 0 Å². The van der Waals surface area contributed by atoms with E-state index in [1.165, 1.54) is 141 Å². The third-order valence-electron chi connectivity index (χ3n) is 5.46. The fraction of sp³-hybridized carbons (Fsp3) is 0.960. The van der Waals surface area contributed by atoms with Crippen molar-refractivity contribution >= 4 is 6.16 Å². The second kappa shape index (κ2) is 28.5. The van der Waals surface area contributed by atoms with Gasteiger partial charge in [-0.3, -0.25) is 0 Å². The molecular formula is C25H52O3. The lowest BCUT2D eigenvalue weighted by atomic mass is 10.0. The molecule has 0 aliphatic heterocycles. The maximum atomic E-state index is 8.56. The molecule has 2 N–H and O–H groups in total. The minimum absolute atomic E-state index is 1.37. The van der Waals surface area contributed by atoms with Crippen LogP contribution in [0.1, 0.15) is 155 Å². The number of carboxylic acid groups (broad SMARTS) is 2. The highest BCUT2D eigenvalue weighted by Crippen LogP contribution is 2.15. The van der Waals surface area contributed by atoms with Crippen molar-refractivity contribution in [2.45, 2.75) is 155 Å². The van der Waals surface area contributed by atoms with Crippen LogP contribution in [-0.4, -0.2) is 16.4 Å². The van der Waals surface area contributed by atoms with E-state index in [4.69, 9.17) is 15.0 Å². The zero-order chi connectivity index (χ0) is 21.1. The molecule has 0 atom stereocenters. The van der Waals surface area contributed by atoms with E-state index in [1.54, 1.807) is 0 Å². The summed E-state index contributed by atoms with van der Waals surface area (Å²) in [6.07, 6.45) is 30.6. The fourth-order valence-electron chi connectivity index (χ4n) is 3.68. The van der Waals surface area contributed by atoms with Crippen molar-refractivity contribution in [1.29, 1.82) is 0 Å². The van der Waals surface area contributed by atoms with Crippen LogP contribution in [0.4, 0.5) is 4.79 Å². The molecule has 0 aromatic carbocycles. The normalized spacial score (nSPS) is 10.5. The number of rotatable bonds is 21. The lowest BCUT2D eigenvalue weighted by molar-refractivity contribution is 0.137. The van der Waals surface area contributed by atoms with Crippen LogP contribution in [0.25, 0.3) is 0 Å². The predicted octanol–water partition coefficient (Wildman–Crippen LogP) is 9.83. The second-order valence-corrected chi connectivity index (χ2v) is 8.35. The maximum Gasteiger partial charge on any atom is 0.503 e. The Kier molecular flexibility index (Phi) is 30.0. The van der Waals surface area contributed by atoms with E-state index in [0.29, 0.717) is 0 Å². The van der Waals surface area contributed by atoms with Crippen LogP contribution in [0.5, 0.6) is 0 Å². The van der Waals surface area contributed by atoms with Gasteiger partial charge in [0.15, 0.2) is 0 Å². The Balaban J connectivity index is 0. The number of carbonyl (C=O) groups is 1. The molecule has 0 rings (SSSR count). The zero-order valence-corrected chi connectivity index (χ0v) is 19.4. The standard InChI is InChI=1S/C24H50.CH2O3/c1-3-5-7-9-11-13-15-17-19-21-23-24-22-20-18-16-14-12-10-8-6-4-2;2-1(3)4/h3-24H2,1-2H3;(H2,2,3,4). The summed E-state index contributed by atoms with van der Waals surface area (Å²) in [5.74, 6) is 0. The van der Waals surface area contributed by atoms with Crippen LogP contribution >= 0.6 is 0 Å². The van der Waals surface area contributed by atoms with E-state index >= 15 is 0 Å². The summed E-state index contributed by atoms with van der Waals surface area (Å²) in [5, 5.41) is 13.9. The molecule has 0 aromatic heterocycles. The summed E-state index contributed by atoms with van der Waals surface area (Å²) in [6, 6.07) is 0. The molecule has 0 bridgehead atoms. The molecule has 0 aliphatic rings. The van der Waals surface area contributed by atoms with Crippen molar-refractivity contribution in [2.24, 2.45) is 0 Å². The van der Waals surface area contributed by atoms with E-state index in [1.807, 2.05) is 0 Å². The van der Waals surface area contributed by atoms with E-state index in [2.05, 4.69) is 13.8 Å². The van der Waals surface area contributed by atoms with Crippen molar-refractivity contribution in [3.63, 3.8) is 0 Å². The van der Waals surface area contributed by atoms with Gasteiger partial charge in [0.05, 0.1) is 0 Å². The highest BCUT2D eigenvalue weighted by atomic mass is 16.6. The van der Waals surface area contributed by atoms with Gasteiger partial charge >= 0.3 is 6.16 Å². The van der Waals surface area contributed by atoms with Gasteiger partial charge in [0.2, 0.25) is 0 Å². The Morgan fingerprint density at radius 3 is 0.607 bits per heavy atom. The zero-order valence-electron chi connectivity index (χ0n) is 19.4. The first-order valence-electron chi connectivity index (χ1n) is 12.6. The van der Waals surface area contributed by atoms with Crippen LogP contribution < -0.4 is 0 Å². The van der Waals surface area contributed by atoms with Gasteiger partial charge in [-0.2, -0.15) is 0 Å². The van der Waals surface area contributed by atoms with Crippen molar-refractivity contribution < 1.29 is 15.0 Å². The van der Waals surface area contributed by atoms with Crippen LogP contribution in [0.15, 0.2) is 0 Å². The van der Waals surface area contributed by atoms with E-state index < -0.39 is 6.16 Å². The molecule has 0 amide bonds. The third-order valence-corrected chi connectivity index (χ3v) is 5.46. The quantitative estimate of drug-likeness (QED) is 0.188. The molecule has 0 radical (unpaired) electrons. The first-order valence-corrected chi connectivity index (χ1v) is 12.6. The first-order chi connectivity index (χ1) is 13.6. The van der Waals surface area contributed by atoms with Crippen LogP contribution in [0, 0.1) is 0 Å². The van der Waals surface area contributed by atoms with E-state index in [-0.39, 0.29) is 0 Å². The van der Waals surface area contributed by atoms with Gasteiger partial charge in [0.25, 0.3) is 0 Å². The summed E-state index contributed by atoms with van der Waals surface area (Å²) in [4.78, 5) is 8.56. The van der Waals surface area contributed by atoms with Gasteiger partial charge in [-0.1, -0.05) is 155 Å². The molecule has 0 saturated carbocycles. The average Bonchev–Trinajstić information content (AvgIpc) is 2.66. The Hall–Kier alpha value is -0.730. The van der Waals surface area contributed by atoms with Gasteiger partial charge in [0, 0.05) is 0 Å². The molecule has 0 spiro atoms. The van der Waals surface area contributed by atoms with Crippen LogP contribution in [-0.2, 0) is 0 Å². The van der Waals surface area contributed by atoms with Crippen molar-refractivity contribution in [3.8, 4) is 0 Å². The van der Waals surface area contributed by atoms with Gasteiger partial charge in [-0.05, 0) is 0 Å². The Labute approximate surface area is 176 Å². The summed E-state index contributed by atoms with van der Waals surface area (Å²) < 4.78 is 0. The van der Waals surface area contributed by atoms with Gasteiger partial charge in [-0.15, -0.1) is 0 Å². The lowest BCUT2D eigenvalue weighted by Crippen LogP contribution is -1.84. The number of hydrogen-bond donors (Lipinski definition) is 2. The largest absolute Gasteiger partial charge is 0.503 e. The smallest absolute Gasteiger partial charge is 0.450 e. The molecule has 0 saturated heterocycles. The topological polar surface area (TPSA) is 57.5 Å². The first kappa shape index (κ1) is 29.5. The lowest BCUT2D eigenvalue weighted by Gasteiger charge is -2.04. The number of hydrogen-bond acceptors (Lipinski definition) is 1. The molecule has 0 aliphatic carbocycles. The number of unbranched alkanes of at least 4 members (excludes halogenated alkanes) is 21. The van der Waals surface area contributed by atoms with Gasteiger partial charge in [0.1, 0.15) is 0 Å². The van der Waals surface area contributed by atoms with E-state index in [9.17, 15) is 0 Å². The van der Waals surface area contributed by atoms with Crippen molar-refractivity contribution in [2.75, 3.05) is 0 Å². The second-order valence-electron chi connectivity index (χ2n) is 8.35. The maximum absolute atomic E-state index is 8.56. The summed E-state index contributed by atoms with van der Waals surface area (Å²) >= 11 is 0. The minimum Gasteiger partial charge on any atom is -0.450 e. The monoisotopic (exact) mass is 400 g/mol. The van der Waals surface area contributed by atoms with Gasteiger partial charge in [-0.25, -0.2) is 4.79 Å². The summed E-state index contributed by atoms with van der Waals surface area (Å²) in [5.41, 5.74) is 0. The molecule has 28 heavy (non-hydrogen) atoms. The summed E-state index contributed by atoms with van der Waals surface area (Å²) in [7, 11) is 0. The predicted molar refractivity (Wildman–Crippen MR) is 124 cm³/mol. The third kappa shape index (κ3) is 36.2. The SMILES string of the molecule is CCCCCCCCCCCCCCCCCCCCCCCC.O=C(O)O.